The Morgan fingerprint density at radius 3 is 3.10 bits per heavy atom. The number of benzene rings is 1. The van der Waals surface area contributed by atoms with Gasteiger partial charge in [-0.25, -0.2) is 0 Å². The summed E-state index contributed by atoms with van der Waals surface area (Å²) < 4.78 is 5.62. The first-order valence-corrected chi connectivity index (χ1v) is 7.15. The van der Waals surface area contributed by atoms with Crippen LogP contribution in [0.2, 0.25) is 0 Å². The van der Waals surface area contributed by atoms with Crippen molar-refractivity contribution in [3.8, 4) is 5.75 Å². The van der Waals surface area contributed by atoms with Gasteiger partial charge in [0.05, 0.1) is 18.8 Å². The highest BCUT2D eigenvalue weighted by Gasteiger charge is 2.29. The molecule has 1 aromatic carbocycles. The lowest BCUT2D eigenvalue weighted by Gasteiger charge is -2.26. The molecule has 3 unspecified atom stereocenters. The first-order valence-electron chi connectivity index (χ1n) is 7.15. The Kier molecular flexibility index (Phi) is 3.89. The molecule has 2 aliphatic heterocycles. The fraction of sp³-hybridized carbons (Fsp3) is 0.533. The Labute approximate surface area is 118 Å². The third-order valence-electron chi connectivity index (χ3n) is 4.03. The third kappa shape index (κ3) is 2.78. The summed E-state index contributed by atoms with van der Waals surface area (Å²) in [6.07, 6.45) is 1.00. The monoisotopic (exact) mass is 276 g/mol. The lowest BCUT2D eigenvalue weighted by atomic mass is 9.93. The Morgan fingerprint density at radius 1 is 1.45 bits per heavy atom. The molecule has 2 aliphatic rings. The van der Waals surface area contributed by atoms with Crippen molar-refractivity contribution in [3.63, 3.8) is 0 Å². The number of hydrogen-bond acceptors (Lipinski definition) is 4. The lowest BCUT2D eigenvalue weighted by molar-refractivity contribution is -0.123. The van der Waals surface area contributed by atoms with Gasteiger partial charge in [-0.1, -0.05) is 18.2 Å². The summed E-state index contributed by atoms with van der Waals surface area (Å²) in [4.78, 5) is 12.0. The van der Waals surface area contributed by atoms with Crippen molar-refractivity contribution < 1.29 is 14.6 Å². The molecular formula is C15H20N2O3. The topological polar surface area (TPSA) is 70.6 Å². The molecule has 0 spiro atoms. The number of carbonyl (C=O) groups excluding carboxylic acids is 1. The van der Waals surface area contributed by atoms with E-state index in [9.17, 15) is 9.90 Å². The van der Waals surface area contributed by atoms with E-state index in [2.05, 4.69) is 16.7 Å². The number of para-hydroxylation sites is 1. The van der Waals surface area contributed by atoms with Gasteiger partial charge < -0.3 is 20.5 Å². The molecule has 1 saturated heterocycles. The maximum Gasteiger partial charge on any atom is 0.237 e. The quantitative estimate of drug-likeness (QED) is 0.747. The average Bonchev–Trinajstić information content (AvgIpc) is 2.91. The number of rotatable bonds is 3. The highest BCUT2D eigenvalue weighted by atomic mass is 16.5. The molecule has 0 saturated carbocycles. The Balaban J connectivity index is 1.58. The van der Waals surface area contributed by atoms with E-state index >= 15 is 0 Å². The van der Waals surface area contributed by atoms with Crippen LogP contribution in [0.3, 0.4) is 0 Å². The van der Waals surface area contributed by atoms with Crippen LogP contribution < -0.4 is 15.4 Å². The van der Waals surface area contributed by atoms with Crippen molar-refractivity contribution >= 4 is 5.91 Å². The molecule has 3 N–H and O–H groups in total. The molecular weight excluding hydrogens is 256 g/mol. The van der Waals surface area contributed by atoms with Gasteiger partial charge in [-0.2, -0.15) is 0 Å². The van der Waals surface area contributed by atoms with Crippen LogP contribution in [0.25, 0.3) is 0 Å². The number of aliphatic hydroxyl groups excluding tert-OH is 1. The molecule has 2 heterocycles. The minimum absolute atomic E-state index is 0.0227. The first kappa shape index (κ1) is 13.4. The summed E-state index contributed by atoms with van der Waals surface area (Å²) in [5.74, 6) is 1.20. The normalized spacial score (nSPS) is 28.6. The zero-order valence-electron chi connectivity index (χ0n) is 11.3. The minimum Gasteiger partial charge on any atom is -0.493 e. The predicted molar refractivity (Wildman–Crippen MR) is 74.7 cm³/mol. The van der Waals surface area contributed by atoms with Crippen LogP contribution in [0.15, 0.2) is 24.3 Å². The number of carbonyl (C=O) groups is 1. The van der Waals surface area contributed by atoms with E-state index in [-0.39, 0.29) is 11.9 Å². The van der Waals surface area contributed by atoms with Crippen molar-refractivity contribution in [1.82, 2.24) is 10.6 Å². The van der Waals surface area contributed by atoms with Gasteiger partial charge in [-0.05, 0) is 24.5 Å². The summed E-state index contributed by atoms with van der Waals surface area (Å²) in [7, 11) is 0. The van der Waals surface area contributed by atoms with E-state index in [1.165, 1.54) is 5.56 Å². The van der Waals surface area contributed by atoms with E-state index in [0.717, 1.165) is 12.2 Å². The largest absolute Gasteiger partial charge is 0.493 e. The second-order valence-corrected chi connectivity index (χ2v) is 5.47. The average molecular weight is 276 g/mol. The van der Waals surface area contributed by atoms with Gasteiger partial charge in [-0.15, -0.1) is 0 Å². The van der Waals surface area contributed by atoms with E-state index in [4.69, 9.17) is 4.74 Å². The van der Waals surface area contributed by atoms with E-state index < -0.39 is 6.10 Å². The molecule has 3 rings (SSSR count). The van der Waals surface area contributed by atoms with Crippen LogP contribution in [0.4, 0.5) is 0 Å². The van der Waals surface area contributed by atoms with Crippen LogP contribution in [-0.2, 0) is 4.79 Å². The number of fused-ring (bicyclic) bond motifs is 1. The van der Waals surface area contributed by atoms with E-state index in [0.29, 0.717) is 32.0 Å². The van der Waals surface area contributed by atoms with Gasteiger partial charge in [-0.3, -0.25) is 4.79 Å². The van der Waals surface area contributed by atoms with Crippen LogP contribution in [0.5, 0.6) is 5.75 Å². The summed E-state index contributed by atoms with van der Waals surface area (Å²) in [5, 5.41) is 15.5. The smallest absolute Gasteiger partial charge is 0.237 e. The number of β-amino-alcohol motifs (C(OH)–C–C–N with tert-alkyl or cyclic N) is 1. The number of aliphatic hydroxyl groups is 1. The zero-order chi connectivity index (χ0) is 13.9. The Bertz CT molecular complexity index is 492. The molecule has 20 heavy (non-hydrogen) atoms. The molecule has 108 valence electrons. The highest BCUT2D eigenvalue weighted by molar-refractivity contribution is 5.82. The van der Waals surface area contributed by atoms with Gasteiger partial charge in [0.25, 0.3) is 0 Å². The minimum atomic E-state index is -0.408. The number of nitrogens with one attached hydrogen (secondary N) is 2. The predicted octanol–water partition coefficient (Wildman–Crippen LogP) is 0.392. The molecule has 5 heteroatoms. The first-order chi connectivity index (χ1) is 9.74. The number of hydrogen-bond donors (Lipinski definition) is 3. The fourth-order valence-corrected chi connectivity index (χ4v) is 2.89. The fourth-order valence-electron chi connectivity index (χ4n) is 2.89. The van der Waals surface area contributed by atoms with Crippen LogP contribution in [-0.4, -0.2) is 42.9 Å². The maximum absolute atomic E-state index is 12.0. The summed E-state index contributed by atoms with van der Waals surface area (Å²) >= 11 is 0. The molecule has 0 aromatic heterocycles. The summed E-state index contributed by atoms with van der Waals surface area (Å²) in [6, 6.07) is 7.72. The van der Waals surface area contributed by atoms with Crippen molar-refractivity contribution in [2.24, 2.45) is 0 Å². The van der Waals surface area contributed by atoms with Crippen molar-refractivity contribution in [1.29, 1.82) is 0 Å². The highest BCUT2D eigenvalue weighted by Crippen LogP contribution is 2.32. The Hall–Kier alpha value is -1.59. The van der Waals surface area contributed by atoms with Crippen molar-refractivity contribution in [2.75, 3.05) is 19.7 Å². The number of ether oxygens (including phenoxy) is 1. The molecule has 0 bridgehead atoms. The van der Waals surface area contributed by atoms with Gasteiger partial charge in [0.2, 0.25) is 5.91 Å². The Morgan fingerprint density at radius 2 is 2.30 bits per heavy atom. The van der Waals surface area contributed by atoms with Gasteiger partial charge >= 0.3 is 0 Å². The summed E-state index contributed by atoms with van der Waals surface area (Å²) in [5.41, 5.74) is 1.17. The lowest BCUT2D eigenvalue weighted by Crippen LogP contribution is -2.42. The maximum atomic E-state index is 12.0. The van der Waals surface area contributed by atoms with Crippen LogP contribution >= 0.6 is 0 Å². The SMILES string of the molecule is O=C(NCC1CCOc2ccccc21)C1CC(O)CN1. The van der Waals surface area contributed by atoms with Crippen LogP contribution in [0.1, 0.15) is 24.3 Å². The number of amides is 1. The second kappa shape index (κ2) is 5.81. The summed E-state index contributed by atoms with van der Waals surface area (Å²) in [6.45, 7) is 1.81. The second-order valence-electron chi connectivity index (χ2n) is 5.47. The third-order valence-corrected chi connectivity index (χ3v) is 4.03. The molecule has 1 amide bonds. The van der Waals surface area contributed by atoms with Gasteiger partial charge in [0, 0.05) is 19.0 Å². The van der Waals surface area contributed by atoms with Crippen LogP contribution in [0, 0.1) is 0 Å². The molecule has 3 atom stereocenters. The molecule has 0 radical (unpaired) electrons. The molecule has 5 nitrogen and oxygen atoms in total. The van der Waals surface area contributed by atoms with E-state index in [1.54, 1.807) is 0 Å². The standard InChI is InChI=1S/C15H20N2O3/c18-11-7-13(16-9-11)15(19)17-8-10-5-6-20-14-4-2-1-3-12(10)14/h1-4,10-11,13,16,18H,5-9H2,(H,17,19). The zero-order valence-corrected chi connectivity index (χ0v) is 11.3. The molecule has 1 aromatic rings. The van der Waals surface area contributed by atoms with Gasteiger partial charge in [0.1, 0.15) is 5.75 Å². The van der Waals surface area contributed by atoms with E-state index in [1.807, 2.05) is 18.2 Å². The molecule has 0 aliphatic carbocycles. The van der Waals surface area contributed by atoms with Crippen molar-refractivity contribution in [2.45, 2.75) is 30.9 Å². The van der Waals surface area contributed by atoms with Gasteiger partial charge in [0.15, 0.2) is 0 Å². The molecule has 1 fully saturated rings. The van der Waals surface area contributed by atoms with Crippen molar-refractivity contribution in [3.05, 3.63) is 29.8 Å².